The molecule has 0 aromatic rings. The Bertz CT molecular complexity index is 679. The molecule has 0 unspecified atom stereocenters. The molecule has 33 heavy (non-hydrogen) atoms. The van der Waals surface area contributed by atoms with Crippen molar-refractivity contribution in [2.75, 3.05) is 26.2 Å². The van der Waals surface area contributed by atoms with E-state index in [4.69, 9.17) is 10.5 Å². The molecular weight excluding hydrogens is 420 g/mol. The molecule has 3 amide bonds. The highest BCUT2D eigenvalue weighted by atomic mass is 16.6. The Kier molecular flexibility index (Phi) is 8.65. The molecule has 1 aliphatic heterocycles. The molecule has 8 nitrogen and oxygen atoms in total. The van der Waals surface area contributed by atoms with E-state index in [1.54, 1.807) is 0 Å². The number of piperidine rings is 1. The Morgan fingerprint density at radius 3 is 2.09 bits per heavy atom. The van der Waals surface area contributed by atoms with Crippen molar-refractivity contribution in [2.24, 2.45) is 23.0 Å². The zero-order chi connectivity index (χ0) is 24.1. The van der Waals surface area contributed by atoms with Crippen LogP contribution >= 0.6 is 0 Å². The third kappa shape index (κ3) is 7.87. The largest absolute Gasteiger partial charge is 0.444 e. The van der Waals surface area contributed by atoms with Crippen LogP contribution in [0.3, 0.4) is 0 Å². The highest BCUT2D eigenvalue weighted by Crippen LogP contribution is 2.46. The lowest BCUT2D eigenvalue weighted by molar-refractivity contribution is -0.128. The van der Waals surface area contributed by atoms with Crippen molar-refractivity contribution in [2.45, 2.75) is 96.6 Å². The Balaban J connectivity index is 1.32. The van der Waals surface area contributed by atoms with E-state index in [-0.39, 0.29) is 35.8 Å². The summed E-state index contributed by atoms with van der Waals surface area (Å²) in [6, 6.07) is 0.196. The van der Waals surface area contributed by atoms with E-state index in [9.17, 15) is 14.4 Å². The van der Waals surface area contributed by atoms with Gasteiger partial charge in [0.15, 0.2) is 0 Å². The number of carbonyl (C=O) groups is 3. The van der Waals surface area contributed by atoms with Crippen molar-refractivity contribution in [1.82, 2.24) is 15.5 Å². The third-order valence-corrected chi connectivity index (χ3v) is 7.91. The Morgan fingerprint density at radius 1 is 0.939 bits per heavy atom. The average molecular weight is 465 g/mol. The van der Waals surface area contributed by atoms with E-state index < -0.39 is 5.60 Å². The van der Waals surface area contributed by atoms with Crippen LogP contribution < -0.4 is 16.4 Å². The lowest BCUT2D eigenvalue weighted by atomic mass is 9.65. The third-order valence-electron chi connectivity index (χ3n) is 7.91. The molecule has 8 heteroatoms. The predicted molar refractivity (Wildman–Crippen MR) is 127 cm³/mol. The first-order chi connectivity index (χ1) is 15.6. The maximum absolute atomic E-state index is 12.8. The lowest BCUT2D eigenvalue weighted by Crippen LogP contribution is -2.47. The van der Waals surface area contributed by atoms with Gasteiger partial charge in [-0.25, -0.2) is 4.79 Å². The van der Waals surface area contributed by atoms with Crippen molar-refractivity contribution < 1.29 is 19.1 Å². The number of primary amides is 1. The molecule has 3 rings (SSSR count). The number of alkyl carbamates (subject to hydrolysis) is 1. The zero-order valence-electron chi connectivity index (χ0n) is 20.8. The SMILES string of the molecule is CC(C)(C)OC(=O)NCCN1CCC2(CCC(C(=O)NC3CCC(C(N)=O)CC3)CC2)CC1. The van der Waals surface area contributed by atoms with Gasteiger partial charge in [0.2, 0.25) is 11.8 Å². The average Bonchev–Trinajstić information content (AvgIpc) is 2.75. The summed E-state index contributed by atoms with van der Waals surface area (Å²) in [5.74, 6) is 0.105. The molecular formula is C25H44N4O4. The number of nitrogens with one attached hydrogen (secondary N) is 2. The van der Waals surface area contributed by atoms with E-state index in [1.165, 1.54) is 12.8 Å². The number of amides is 3. The van der Waals surface area contributed by atoms with Gasteiger partial charge in [0.25, 0.3) is 0 Å². The molecule has 1 saturated heterocycles. The van der Waals surface area contributed by atoms with Crippen LogP contribution in [0.5, 0.6) is 0 Å². The normalized spacial score (nSPS) is 26.5. The molecule has 1 spiro atoms. The first kappa shape index (κ1) is 25.8. The molecule has 0 aromatic carbocycles. The van der Waals surface area contributed by atoms with Crippen LogP contribution in [0.2, 0.25) is 0 Å². The number of nitrogens with zero attached hydrogens (tertiary/aromatic N) is 1. The summed E-state index contributed by atoms with van der Waals surface area (Å²) >= 11 is 0. The fraction of sp³-hybridized carbons (Fsp3) is 0.880. The molecule has 0 radical (unpaired) electrons. The topological polar surface area (TPSA) is 114 Å². The first-order valence-electron chi connectivity index (χ1n) is 12.8. The van der Waals surface area contributed by atoms with E-state index in [2.05, 4.69) is 15.5 Å². The molecule has 0 atom stereocenters. The molecule has 4 N–H and O–H groups in total. The van der Waals surface area contributed by atoms with E-state index >= 15 is 0 Å². The molecule has 0 bridgehead atoms. The molecule has 2 aliphatic carbocycles. The highest BCUT2D eigenvalue weighted by Gasteiger charge is 2.40. The summed E-state index contributed by atoms with van der Waals surface area (Å²) in [5, 5.41) is 6.10. The van der Waals surface area contributed by atoms with E-state index in [1.807, 2.05) is 20.8 Å². The standard InChI is InChI=1S/C25H44N4O4/c1-24(2,3)33-23(32)27-14-17-29-15-12-25(13-16-29)10-8-19(9-11-25)22(31)28-20-6-4-18(5-7-20)21(26)30/h18-20H,4-17H2,1-3H3,(H2,26,30)(H,27,32)(H,28,31). The van der Waals surface area contributed by atoms with Crippen molar-refractivity contribution in [3.63, 3.8) is 0 Å². The molecule has 188 valence electrons. The summed E-state index contributed by atoms with van der Waals surface area (Å²) in [6.45, 7) is 9.15. The van der Waals surface area contributed by atoms with Gasteiger partial charge >= 0.3 is 6.09 Å². The number of carbonyl (C=O) groups excluding carboxylic acids is 3. The van der Waals surface area contributed by atoms with Crippen LogP contribution in [0.15, 0.2) is 0 Å². The minimum Gasteiger partial charge on any atom is -0.444 e. The van der Waals surface area contributed by atoms with Crippen LogP contribution in [-0.2, 0) is 14.3 Å². The predicted octanol–water partition coefficient (Wildman–Crippen LogP) is 2.94. The first-order valence-corrected chi connectivity index (χ1v) is 12.8. The Hall–Kier alpha value is -1.83. The van der Waals surface area contributed by atoms with E-state index in [0.29, 0.717) is 12.0 Å². The zero-order valence-corrected chi connectivity index (χ0v) is 20.8. The summed E-state index contributed by atoms with van der Waals surface area (Å²) in [6.07, 6.45) is 9.49. The van der Waals surface area contributed by atoms with Gasteiger partial charge in [-0.2, -0.15) is 0 Å². The van der Waals surface area contributed by atoms with Crippen molar-refractivity contribution in [3.8, 4) is 0 Å². The van der Waals surface area contributed by atoms with Gasteiger partial charge in [0, 0.05) is 31.0 Å². The van der Waals surface area contributed by atoms with Crippen LogP contribution in [0.4, 0.5) is 4.79 Å². The van der Waals surface area contributed by atoms with Crippen LogP contribution in [-0.4, -0.2) is 60.6 Å². The number of rotatable bonds is 6. The summed E-state index contributed by atoms with van der Waals surface area (Å²) in [4.78, 5) is 38.4. The van der Waals surface area contributed by atoms with Crippen LogP contribution in [0, 0.1) is 17.3 Å². The maximum atomic E-state index is 12.8. The summed E-state index contributed by atoms with van der Waals surface area (Å²) < 4.78 is 5.29. The number of nitrogens with two attached hydrogens (primary N) is 1. The van der Waals surface area contributed by atoms with Crippen molar-refractivity contribution >= 4 is 17.9 Å². The lowest BCUT2D eigenvalue weighted by Gasteiger charge is -2.46. The summed E-state index contributed by atoms with van der Waals surface area (Å²) in [7, 11) is 0. The smallest absolute Gasteiger partial charge is 0.407 e. The Labute approximate surface area is 198 Å². The van der Waals surface area contributed by atoms with E-state index in [0.717, 1.165) is 71.0 Å². The van der Waals surface area contributed by atoms with Crippen LogP contribution in [0.1, 0.15) is 85.0 Å². The quantitative estimate of drug-likeness (QED) is 0.559. The van der Waals surface area contributed by atoms with Gasteiger partial charge in [-0.1, -0.05) is 0 Å². The molecule has 0 aromatic heterocycles. The number of likely N-dealkylation sites (tertiary alicyclic amines) is 1. The number of ether oxygens (including phenoxy) is 1. The number of hydrogen-bond acceptors (Lipinski definition) is 5. The fourth-order valence-electron chi connectivity index (χ4n) is 5.71. The maximum Gasteiger partial charge on any atom is 0.407 e. The molecule has 3 aliphatic rings. The number of hydrogen-bond donors (Lipinski definition) is 3. The second kappa shape index (κ2) is 11.1. The van der Waals surface area contributed by atoms with Gasteiger partial charge in [-0.05, 0) is 103 Å². The van der Waals surface area contributed by atoms with Gasteiger partial charge in [-0.3, -0.25) is 9.59 Å². The Morgan fingerprint density at radius 2 is 1.55 bits per heavy atom. The fourth-order valence-corrected chi connectivity index (χ4v) is 5.71. The van der Waals surface area contributed by atoms with Crippen molar-refractivity contribution in [3.05, 3.63) is 0 Å². The van der Waals surface area contributed by atoms with Crippen LogP contribution in [0.25, 0.3) is 0 Å². The van der Waals surface area contributed by atoms with Crippen molar-refractivity contribution in [1.29, 1.82) is 0 Å². The minimum atomic E-state index is -0.471. The highest BCUT2D eigenvalue weighted by molar-refractivity contribution is 5.79. The van der Waals surface area contributed by atoms with Gasteiger partial charge in [-0.15, -0.1) is 0 Å². The second-order valence-corrected chi connectivity index (χ2v) is 11.5. The molecule has 3 fully saturated rings. The minimum absolute atomic E-state index is 0.0216. The van der Waals surface area contributed by atoms with Gasteiger partial charge < -0.3 is 26.0 Å². The molecule has 2 saturated carbocycles. The van der Waals surface area contributed by atoms with Gasteiger partial charge in [0.1, 0.15) is 5.60 Å². The molecule has 1 heterocycles. The monoisotopic (exact) mass is 464 g/mol. The van der Waals surface area contributed by atoms with Gasteiger partial charge in [0.05, 0.1) is 0 Å². The summed E-state index contributed by atoms with van der Waals surface area (Å²) in [5.41, 5.74) is 5.32. The second-order valence-electron chi connectivity index (χ2n) is 11.5.